The summed E-state index contributed by atoms with van der Waals surface area (Å²) in [5, 5.41) is 0. The number of oxazole rings is 1. The van der Waals surface area contributed by atoms with Gasteiger partial charge in [0, 0.05) is 5.56 Å². The van der Waals surface area contributed by atoms with Gasteiger partial charge in [-0.05, 0) is 18.2 Å². The molecule has 0 amide bonds. The van der Waals surface area contributed by atoms with E-state index >= 15 is 0 Å². The highest BCUT2D eigenvalue weighted by atomic mass is 19.1. The van der Waals surface area contributed by atoms with Crippen LogP contribution in [0.2, 0.25) is 0 Å². The second kappa shape index (κ2) is 4.32. The van der Waals surface area contributed by atoms with Crippen LogP contribution in [-0.2, 0) is 6.54 Å². The quantitative estimate of drug-likeness (QED) is 0.862. The third-order valence-corrected chi connectivity index (χ3v) is 2.24. The van der Waals surface area contributed by atoms with E-state index in [1.807, 2.05) is 0 Å². The van der Waals surface area contributed by atoms with Crippen molar-refractivity contribution in [2.45, 2.75) is 6.54 Å². The molecule has 5 heteroatoms. The summed E-state index contributed by atoms with van der Waals surface area (Å²) >= 11 is 0. The van der Waals surface area contributed by atoms with Crippen LogP contribution in [0.1, 0.15) is 5.76 Å². The van der Waals surface area contributed by atoms with Crippen LogP contribution in [0, 0.1) is 5.82 Å². The molecule has 2 aromatic rings. The van der Waals surface area contributed by atoms with E-state index in [0.29, 0.717) is 22.8 Å². The maximum absolute atomic E-state index is 13.2. The van der Waals surface area contributed by atoms with Crippen LogP contribution in [0.15, 0.2) is 29.0 Å². The predicted molar refractivity (Wildman–Crippen MR) is 56.3 cm³/mol. The van der Waals surface area contributed by atoms with Crippen molar-refractivity contribution in [2.75, 3.05) is 7.11 Å². The second-order valence-electron chi connectivity index (χ2n) is 3.17. The maximum atomic E-state index is 13.2. The van der Waals surface area contributed by atoms with Crippen LogP contribution < -0.4 is 10.5 Å². The van der Waals surface area contributed by atoms with Crippen LogP contribution in [0.5, 0.6) is 5.75 Å². The summed E-state index contributed by atoms with van der Waals surface area (Å²) in [6, 6.07) is 4.21. The first kappa shape index (κ1) is 10.6. The number of aromatic nitrogens is 1. The molecule has 0 saturated heterocycles. The van der Waals surface area contributed by atoms with Crippen LogP contribution in [0.4, 0.5) is 4.39 Å². The van der Waals surface area contributed by atoms with E-state index in [2.05, 4.69) is 4.98 Å². The Labute approximate surface area is 91.9 Å². The number of hydrogen-bond donors (Lipinski definition) is 1. The molecule has 0 aliphatic heterocycles. The van der Waals surface area contributed by atoms with E-state index in [1.54, 1.807) is 6.07 Å². The molecule has 0 aliphatic rings. The maximum Gasteiger partial charge on any atom is 0.181 e. The molecule has 0 aliphatic carbocycles. The third-order valence-electron chi connectivity index (χ3n) is 2.24. The zero-order valence-electron chi connectivity index (χ0n) is 8.74. The molecule has 84 valence electrons. The zero-order valence-corrected chi connectivity index (χ0v) is 8.74. The van der Waals surface area contributed by atoms with Gasteiger partial charge in [0.1, 0.15) is 23.0 Å². The second-order valence-corrected chi connectivity index (χ2v) is 3.17. The molecule has 16 heavy (non-hydrogen) atoms. The Kier molecular flexibility index (Phi) is 2.87. The Hall–Kier alpha value is -1.88. The number of hydrogen-bond acceptors (Lipinski definition) is 4. The van der Waals surface area contributed by atoms with Gasteiger partial charge in [-0.15, -0.1) is 0 Å². The minimum Gasteiger partial charge on any atom is -0.496 e. The summed E-state index contributed by atoms with van der Waals surface area (Å²) in [5.41, 5.74) is 6.55. The Balaban J connectivity index is 2.58. The van der Waals surface area contributed by atoms with Gasteiger partial charge in [-0.25, -0.2) is 9.37 Å². The molecule has 2 N–H and O–H groups in total. The van der Waals surface area contributed by atoms with Gasteiger partial charge in [0.15, 0.2) is 6.39 Å². The molecule has 0 unspecified atom stereocenters. The molecule has 0 spiro atoms. The van der Waals surface area contributed by atoms with Crippen molar-refractivity contribution < 1.29 is 13.5 Å². The first-order chi connectivity index (χ1) is 7.76. The molecule has 0 saturated carbocycles. The number of halogens is 1. The molecule has 4 nitrogen and oxygen atoms in total. The highest BCUT2D eigenvalue weighted by molar-refractivity contribution is 5.68. The highest BCUT2D eigenvalue weighted by Crippen LogP contribution is 2.31. The van der Waals surface area contributed by atoms with Gasteiger partial charge >= 0.3 is 0 Å². The molecular weight excluding hydrogens is 211 g/mol. The topological polar surface area (TPSA) is 61.3 Å². The Morgan fingerprint density at radius 3 is 3.00 bits per heavy atom. The highest BCUT2D eigenvalue weighted by Gasteiger charge is 2.14. The van der Waals surface area contributed by atoms with Crippen LogP contribution in [0.25, 0.3) is 11.3 Å². The standard InChI is InChI=1S/C11H11FN2O2/c1-15-9-3-2-7(12)4-8(9)11-10(5-13)16-6-14-11/h2-4,6H,5,13H2,1H3. The summed E-state index contributed by atoms with van der Waals surface area (Å²) in [4.78, 5) is 4.01. The predicted octanol–water partition coefficient (Wildman–Crippen LogP) is 1.95. The van der Waals surface area contributed by atoms with Crippen LogP contribution in [0.3, 0.4) is 0 Å². The lowest BCUT2D eigenvalue weighted by Crippen LogP contribution is -1.98. The zero-order chi connectivity index (χ0) is 11.5. The molecule has 1 aromatic carbocycles. The largest absolute Gasteiger partial charge is 0.496 e. The molecular formula is C11H11FN2O2. The van der Waals surface area contributed by atoms with E-state index in [9.17, 15) is 4.39 Å². The minimum absolute atomic E-state index is 0.203. The van der Waals surface area contributed by atoms with E-state index in [4.69, 9.17) is 14.9 Å². The lowest BCUT2D eigenvalue weighted by atomic mass is 10.1. The number of ether oxygens (including phenoxy) is 1. The summed E-state index contributed by atoms with van der Waals surface area (Å²) in [6.07, 6.45) is 1.28. The smallest absolute Gasteiger partial charge is 0.181 e. The Bertz CT molecular complexity index is 496. The third kappa shape index (κ3) is 1.77. The minimum atomic E-state index is -0.359. The van der Waals surface area contributed by atoms with E-state index in [1.165, 1.54) is 25.6 Å². The summed E-state index contributed by atoms with van der Waals surface area (Å²) < 4.78 is 23.4. The van der Waals surface area contributed by atoms with Gasteiger partial charge in [-0.2, -0.15) is 0 Å². The molecule has 0 fully saturated rings. The fraction of sp³-hybridized carbons (Fsp3) is 0.182. The Morgan fingerprint density at radius 1 is 1.50 bits per heavy atom. The van der Waals surface area contributed by atoms with Crippen molar-refractivity contribution in [1.82, 2.24) is 4.98 Å². The first-order valence-electron chi connectivity index (χ1n) is 4.72. The van der Waals surface area contributed by atoms with Crippen molar-refractivity contribution in [2.24, 2.45) is 5.73 Å². The van der Waals surface area contributed by atoms with Gasteiger partial charge in [0.2, 0.25) is 0 Å². The van der Waals surface area contributed by atoms with Crippen molar-refractivity contribution in [3.05, 3.63) is 36.2 Å². The number of nitrogens with two attached hydrogens (primary N) is 1. The summed E-state index contributed by atoms with van der Waals surface area (Å²) in [7, 11) is 1.51. The summed E-state index contributed by atoms with van der Waals surface area (Å²) in [6.45, 7) is 0.203. The van der Waals surface area contributed by atoms with Crippen LogP contribution in [-0.4, -0.2) is 12.1 Å². The molecule has 1 aromatic heterocycles. The average Bonchev–Trinajstić information content (AvgIpc) is 2.76. The molecule has 1 heterocycles. The molecule has 0 atom stereocenters. The lowest BCUT2D eigenvalue weighted by molar-refractivity contribution is 0.415. The number of benzene rings is 1. The Morgan fingerprint density at radius 2 is 2.31 bits per heavy atom. The van der Waals surface area contributed by atoms with E-state index in [-0.39, 0.29) is 12.4 Å². The van der Waals surface area contributed by atoms with Gasteiger partial charge in [0.05, 0.1) is 13.7 Å². The summed E-state index contributed by atoms with van der Waals surface area (Å²) in [5.74, 6) is 0.677. The normalized spacial score (nSPS) is 10.4. The molecule has 2 rings (SSSR count). The number of rotatable bonds is 3. The van der Waals surface area contributed by atoms with Gasteiger partial charge < -0.3 is 14.9 Å². The van der Waals surface area contributed by atoms with Gasteiger partial charge in [-0.3, -0.25) is 0 Å². The monoisotopic (exact) mass is 222 g/mol. The van der Waals surface area contributed by atoms with Gasteiger partial charge in [-0.1, -0.05) is 0 Å². The van der Waals surface area contributed by atoms with Gasteiger partial charge in [0.25, 0.3) is 0 Å². The lowest BCUT2D eigenvalue weighted by Gasteiger charge is -2.06. The average molecular weight is 222 g/mol. The van der Waals surface area contributed by atoms with Crippen molar-refractivity contribution in [3.8, 4) is 17.0 Å². The molecule has 0 bridgehead atoms. The van der Waals surface area contributed by atoms with Crippen LogP contribution >= 0.6 is 0 Å². The number of nitrogens with zero attached hydrogens (tertiary/aromatic N) is 1. The van der Waals surface area contributed by atoms with Crippen molar-refractivity contribution >= 4 is 0 Å². The molecule has 0 radical (unpaired) electrons. The number of methoxy groups -OCH3 is 1. The van der Waals surface area contributed by atoms with Crippen molar-refractivity contribution in [3.63, 3.8) is 0 Å². The fourth-order valence-electron chi connectivity index (χ4n) is 1.50. The van der Waals surface area contributed by atoms with E-state index in [0.717, 1.165) is 0 Å². The SMILES string of the molecule is COc1ccc(F)cc1-c1ncoc1CN. The van der Waals surface area contributed by atoms with E-state index < -0.39 is 0 Å². The van der Waals surface area contributed by atoms with Crippen molar-refractivity contribution in [1.29, 1.82) is 0 Å². The fourth-order valence-corrected chi connectivity index (χ4v) is 1.50. The first-order valence-corrected chi connectivity index (χ1v) is 4.72.